The second-order valence-corrected chi connectivity index (χ2v) is 9.03. The smallest absolute Gasteiger partial charge is 0.262 e. The van der Waals surface area contributed by atoms with E-state index in [1.165, 1.54) is 10.4 Å². The average Bonchev–Trinajstić information content (AvgIpc) is 3.16. The predicted molar refractivity (Wildman–Crippen MR) is 114 cm³/mol. The van der Waals surface area contributed by atoms with E-state index in [1.54, 1.807) is 22.9 Å². The van der Waals surface area contributed by atoms with Crippen molar-refractivity contribution in [1.29, 1.82) is 0 Å². The summed E-state index contributed by atoms with van der Waals surface area (Å²) in [7, 11) is 0. The largest absolute Gasteiger partial charge is 0.298 e. The number of hydrogen-bond acceptors (Lipinski definition) is 4. The van der Waals surface area contributed by atoms with Gasteiger partial charge in [-0.3, -0.25) is 10.1 Å². The Morgan fingerprint density at radius 1 is 1.32 bits per heavy atom. The predicted octanol–water partition coefficient (Wildman–Crippen LogP) is 5.04. The molecule has 146 valence electrons. The average molecular weight is 415 g/mol. The molecule has 0 saturated heterocycles. The summed E-state index contributed by atoms with van der Waals surface area (Å²) < 4.78 is 1.67. The second kappa shape index (κ2) is 7.68. The molecule has 7 heteroatoms. The van der Waals surface area contributed by atoms with E-state index in [0.717, 1.165) is 30.5 Å². The van der Waals surface area contributed by atoms with E-state index >= 15 is 0 Å². The van der Waals surface area contributed by atoms with E-state index < -0.39 is 0 Å². The lowest BCUT2D eigenvalue weighted by Crippen LogP contribution is -2.13. The van der Waals surface area contributed by atoms with Crippen LogP contribution in [0.5, 0.6) is 0 Å². The zero-order valence-electron chi connectivity index (χ0n) is 16.3. The molecule has 1 atom stereocenters. The fourth-order valence-electron chi connectivity index (χ4n) is 3.54. The summed E-state index contributed by atoms with van der Waals surface area (Å²) in [6.45, 7) is 6.64. The summed E-state index contributed by atoms with van der Waals surface area (Å²) in [6.07, 6.45) is 3.18. The number of amides is 1. The summed E-state index contributed by atoms with van der Waals surface area (Å²) in [5, 5.41) is 8.40. The number of rotatable bonds is 4. The molecule has 0 bridgehead atoms. The minimum Gasteiger partial charge on any atom is -0.298 e. The standard InChI is InChI=1S/C21H23ClN4OS/c1-12-4-7-15(8-5-12)11-26-19(22)18(14(3)25-26)20(27)24-21-23-16-9-6-13(2)10-17(16)28-21/h4-5,7-8,13H,6,9-11H2,1-3H3,(H,23,24,27). The van der Waals surface area contributed by atoms with Gasteiger partial charge in [0.1, 0.15) is 5.15 Å². The highest BCUT2D eigenvalue weighted by Gasteiger charge is 2.24. The molecule has 1 aromatic carbocycles. The number of aromatic nitrogens is 3. The minimum atomic E-state index is -0.253. The van der Waals surface area contributed by atoms with Crippen LogP contribution in [0.2, 0.25) is 5.15 Å². The first kappa shape index (κ1) is 19.2. The summed E-state index contributed by atoms with van der Waals surface area (Å²) in [4.78, 5) is 18.8. The van der Waals surface area contributed by atoms with Gasteiger partial charge in [-0.2, -0.15) is 5.10 Å². The van der Waals surface area contributed by atoms with Crippen molar-refractivity contribution in [2.45, 2.75) is 46.6 Å². The maximum absolute atomic E-state index is 12.9. The first-order chi connectivity index (χ1) is 13.4. The lowest BCUT2D eigenvalue weighted by molar-refractivity contribution is 0.102. The van der Waals surface area contributed by atoms with Crippen LogP contribution in [0.3, 0.4) is 0 Å². The minimum absolute atomic E-state index is 0.253. The summed E-state index contributed by atoms with van der Waals surface area (Å²) in [5.41, 5.74) is 4.44. The van der Waals surface area contributed by atoms with Crippen LogP contribution in [0.15, 0.2) is 24.3 Å². The number of hydrogen-bond donors (Lipinski definition) is 1. The molecule has 1 N–H and O–H groups in total. The van der Waals surface area contributed by atoms with Gasteiger partial charge >= 0.3 is 0 Å². The molecule has 3 aromatic rings. The molecular weight excluding hydrogens is 392 g/mol. The van der Waals surface area contributed by atoms with Gasteiger partial charge in [-0.15, -0.1) is 11.3 Å². The van der Waals surface area contributed by atoms with Crippen LogP contribution in [-0.2, 0) is 19.4 Å². The number of fused-ring (bicyclic) bond motifs is 1. The number of aryl methyl sites for hydroxylation is 3. The fraction of sp³-hybridized carbons (Fsp3) is 0.381. The molecule has 0 radical (unpaired) electrons. The van der Waals surface area contributed by atoms with Crippen LogP contribution < -0.4 is 5.32 Å². The van der Waals surface area contributed by atoms with Crippen molar-refractivity contribution in [3.63, 3.8) is 0 Å². The third-order valence-corrected chi connectivity index (χ3v) is 6.57. The van der Waals surface area contributed by atoms with Gasteiger partial charge in [0.25, 0.3) is 5.91 Å². The molecule has 2 aromatic heterocycles. The Morgan fingerprint density at radius 2 is 2.07 bits per heavy atom. The fourth-order valence-corrected chi connectivity index (χ4v) is 5.02. The third-order valence-electron chi connectivity index (χ3n) is 5.15. The molecule has 28 heavy (non-hydrogen) atoms. The molecule has 0 aliphatic heterocycles. The summed E-state index contributed by atoms with van der Waals surface area (Å²) in [5.74, 6) is 0.421. The Kier molecular flexibility index (Phi) is 5.25. The highest BCUT2D eigenvalue weighted by Crippen LogP contribution is 2.32. The number of nitrogens with zero attached hydrogens (tertiary/aromatic N) is 3. The third kappa shape index (κ3) is 3.84. The second-order valence-electron chi connectivity index (χ2n) is 7.59. The van der Waals surface area contributed by atoms with Crippen molar-refractivity contribution in [3.8, 4) is 0 Å². The van der Waals surface area contributed by atoms with E-state index in [4.69, 9.17) is 11.6 Å². The maximum Gasteiger partial charge on any atom is 0.262 e. The number of halogens is 1. The van der Waals surface area contributed by atoms with Crippen LogP contribution >= 0.6 is 22.9 Å². The number of carbonyl (C=O) groups excluding carboxylic acids is 1. The van der Waals surface area contributed by atoms with Crippen LogP contribution in [-0.4, -0.2) is 20.7 Å². The number of anilines is 1. The molecule has 0 fully saturated rings. The van der Waals surface area contributed by atoms with Gasteiger partial charge < -0.3 is 0 Å². The molecule has 4 rings (SSSR count). The monoisotopic (exact) mass is 414 g/mol. The van der Waals surface area contributed by atoms with Gasteiger partial charge in [0, 0.05) is 4.88 Å². The zero-order valence-corrected chi connectivity index (χ0v) is 17.8. The number of nitrogens with one attached hydrogen (secondary N) is 1. The Hall–Kier alpha value is -2.18. The van der Waals surface area contributed by atoms with Crippen molar-refractivity contribution in [2.24, 2.45) is 5.92 Å². The van der Waals surface area contributed by atoms with Crippen LogP contribution in [0.4, 0.5) is 5.13 Å². The maximum atomic E-state index is 12.9. The van der Waals surface area contributed by atoms with Gasteiger partial charge in [-0.25, -0.2) is 9.67 Å². The topological polar surface area (TPSA) is 59.8 Å². The van der Waals surface area contributed by atoms with Crippen LogP contribution in [0.25, 0.3) is 0 Å². The lowest BCUT2D eigenvalue weighted by Gasteiger charge is -2.15. The highest BCUT2D eigenvalue weighted by molar-refractivity contribution is 7.15. The van der Waals surface area contributed by atoms with Crippen LogP contribution in [0.1, 0.15) is 51.1 Å². The summed E-state index contributed by atoms with van der Waals surface area (Å²) >= 11 is 8.09. The van der Waals surface area contributed by atoms with Crippen molar-refractivity contribution >= 4 is 34.0 Å². The first-order valence-corrected chi connectivity index (χ1v) is 10.7. The van der Waals surface area contributed by atoms with E-state index in [0.29, 0.717) is 34.0 Å². The van der Waals surface area contributed by atoms with E-state index in [9.17, 15) is 4.79 Å². The quantitative estimate of drug-likeness (QED) is 0.650. The Bertz CT molecular complexity index is 1020. The molecule has 1 unspecified atom stereocenters. The molecule has 2 heterocycles. The normalized spacial score (nSPS) is 16.1. The number of thiazole rings is 1. The van der Waals surface area contributed by atoms with Crippen molar-refractivity contribution in [1.82, 2.24) is 14.8 Å². The Balaban J connectivity index is 1.53. The molecular formula is C21H23ClN4OS. The van der Waals surface area contributed by atoms with E-state index in [1.807, 2.05) is 19.1 Å². The first-order valence-electron chi connectivity index (χ1n) is 9.49. The molecule has 1 aliphatic carbocycles. The van der Waals surface area contributed by atoms with Crippen molar-refractivity contribution in [3.05, 3.63) is 62.4 Å². The van der Waals surface area contributed by atoms with Crippen LogP contribution in [0, 0.1) is 19.8 Å². The molecule has 0 saturated carbocycles. The van der Waals surface area contributed by atoms with Crippen molar-refractivity contribution < 1.29 is 4.79 Å². The molecule has 0 spiro atoms. The lowest BCUT2D eigenvalue weighted by atomic mass is 9.93. The number of carbonyl (C=O) groups is 1. The van der Waals surface area contributed by atoms with E-state index in [2.05, 4.69) is 34.5 Å². The van der Waals surface area contributed by atoms with Gasteiger partial charge in [-0.05, 0) is 44.6 Å². The SMILES string of the molecule is Cc1ccc(Cn2nc(C)c(C(=O)Nc3nc4c(s3)CC(C)CC4)c2Cl)cc1. The highest BCUT2D eigenvalue weighted by atomic mass is 35.5. The van der Waals surface area contributed by atoms with Gasteiger partial charge in [-0.1, -0.05) is 48.4 Å². The zero-order chi connectivity index (χ0) is 19.8. The van der Waals surface area contributed by atoms with E-state index in [-0.39, 0.29) is 5.91 Å². The van der Waals surface area contributed by atoms with Gasteiger partial charge in [0.15, 0.2) is 5.13 Å². The molecule has 5 nitrogen and oxygen atoms in total. The van der Waals surface area contributed by atoms with Gasteiger partial charge in [0.05, 0.1) is 23.5 Å². The molecule has 1 aliphatic rings. The summed E-state index contributed by atoms with van der Waals surface area (Å²) in [6, 6.07) is 8.20. The Labute approximate surface area is 173 Å². The molecule has 1 amide bonds. The van der Waals surface area contributed by atoms with Crippen molar-refractivity contribution in [2.75, 3.05) is 5.32 Å². The Morgan fingerprint density at radius 3 is 2.82 bits per heavy atom. The number of benzene rings is 1. The van der Waals surface area contributed by atoms with Gasteiger partial charge in [0.2, 0.25) is 0 Å².